The lowest BCUT2D eigenvalue weighted by atomic mass is 10.0. The molecule has 0 aromatic heterocycles. The average molecular weight is 618 g/mol. The molecule has 3 aromatic carbocycles. The van der Waals surface area contributed by atoms with Crippen LogP contribution in [0.4, 0.5) is 5.69 Å². The number of benzene rings is 3. The highest BCUT2D eigenvalue weighted by Gasteiger charge is 2.40. The summed E-state index contributed by atoms with van der Waals surface area (Å²) in [4.78, 5) is 46.2. The fourth-order valence-corrected chi connectivity index (χ4v) is 6.31. The van der Waals surface area contributed by atoms with Crippen molar-refractivity contribution in [1.82, 2.24) is 15.5 Å². The molecule has 6 rings (SSSR count). The Morgan fingerprint density at radius 3 is 2.20 bits per heavy atom. The first-order valence-corrected chi connectivity index (χ1v) is 16.5. The number of nitrogens with zero attached hydrogens (tertiary/aromatic N) is 2. The molecule has 3 aliphatic rings. The molecular weight excluding hydrogens is 574 g/mol. The van der Waals surface area contributed by atoms with Crippen LogP contribution in [0.15, 0.2) is 90.1 Å². The Balaban J connectivity index is 1.08. The monoisotopic (exact) mass is 617 g/mol. The molecule has 238 valence electrons. The maximum Gasteiger partial charge on any atom is 0.250 e. The number of carbonyl (C=O) groups is 3. The van der Waals surface area contributed by atoms with Gasteiger partial charge in [-0.3, -0.25) is 19.4 Å². The summed E-state index contributed by atoms with van der Waals surface area (Å²) in [5.41, 5.74) is 6.89. The van der Waals surface area contributed by atoms with Gasteiger partial charge in [-0.05, 0) is 98.9 Å². The van der Waals surface area contributed by atoms with E-state index in [1.807, 2.05) is 60.8 Å². The zero-order chi connectivity index (χ0) is 32.0. The highest BCUT2D eigenvalue weighted by molar-refractivity contribution is 5.99. The molecule has 3 atom stereocenters. The minimum atomic E-state index is -0.807. The third-order valence-corrected chi connectivity index (χ3v) is 9.31. The van der Waals surface area contributed by atoms with Crippen LogP contribution in [-0.2, 0) is 14.4 Å². The highest BCUT2D eigenvalue weighted by Crippen LogP contribution is 2.31. The molecule has 8 nitrogen and oxygen atoms in total. The van der Waals surface area contributed by atoms with E-state index >= 15 is 0 Å². The van der Waals surface area contributed by atoms with Crippen molar-refractivity contribution >= 4 is 34.7 Å². The molecule has 0 bridgehead atoms. The van der Waals surface area contributed by atoms with Gasteiger partial charge in [0.2, 0.25) is 17.7 Å². The second-order valence-corrected chi connectivity index (χ2v) is 12.7. The van der Waals surface area contributed by atoms with Gasteiger partial charge in [0.15, 0.2) is 0 Å². The van der Waals surface area contributed by atoms with Crippen LogP contribution in [0.5, 0.6) is 0 Å². The van der Waals surface area contributed by atoms with E-state index in [1.165, 1.54) is 6.42 Å². The summed E-state index contributed by atoms with van der Waals surface area (Å²) in [6.07, 6.45) is 7.32. The van der Waals surface area contributed by atoms with E-state index in [-0.39, 0.29) is 23.6 Å². The Hall–Kier alpha value is -4.56. The van der Waals surface area contributed by atoms with E-state index < -0.39 is 12.1 Å². The van der Waals surface area contributed by atoms with Gasteiger partial charge in [-0.15, -0.1) is 0 Å². The van der Waals surface area contributed by atoms with Crippen LogP contribution in [-0.4, -0.2) is 53.5 Å². The highest BCUT2D eigenvalue weighted by atomic mass is 16.2. The molecule has 3 aromatic rings. The van der Waals surface area contributed by atoms with Crippen LogP contribution in [0.2, 0.25) is 0 Å². The number of amides is 3. The number of carbonyl (C=O) groups excluding carboxylic acids is 3. The second kappa shape index (κ2) is 14.3. The van der Waals surface area contributed by atoms with Crippen molar-refractivity contribution in [3.8, 4) is 11.1 Å². The molecule has 1 aliphatic carbocycles. The summed E-state index contributed by atoms with van der Waals surface area (Å²) in [6, 6.07) is 24.5. The molecule has 2 saturated heterocycles. The second-order valence-electron chi connectivity index (χ2n) is 12.7. The van der Waals surface area contributed by atoms with E-state index in [0.717, 1.165) is 65.8 Å². The average Bonchev–Trinajstić information content (AvgIpc) is 3.56. The molecule has 3 amide bonds. The van der Waals surface area contributed by atoms with E-state index in [2.05, 4.69) is 54.1 Å². The van der Waals surface area contributed by atoms with Gasteiger partial charge in [-0.2, -0.15) is 0 Å². The molecular formula is C38H43N5O3. The molecule has 2 aliphatic heterocycles. The van der Waals surface area contributed by atoms with Gasteiger partial charge >= 0.3 is 0 Å². The van der Waals surface area contributed by atoms with Gasteiger partial charge < -0.3 is 20.9 Å². The Kier molecular flexibility index (Phi) is 9.73. The smallest absolute Gasteiger partial charge is 0.250 e. The molecule has 8 heteroatoms. The first-order chi connectivity index (χ1) is 22.4. The largest absolute Gasteiger partial charge is 0.340 e. The van der Waals surface area contributed by atoms with Crippen LogP contribution in [0, 0.1) is 5.92 Å². The third-order valence-electron chi connectivity index (χ3n) is 9.31. The fourth-order valence-electron chi connectivity index (χ4n) is 6.31. The number of nitrogens with one attached hydrogen (secondary N) is 3. The van der Waals surface area contributed by atoms with Crippen LogP contribution in [0.3, 0.4) is 0 Å². The van der Waals surface area contributed by atoms with Crippen LogP contribution < -0.4 is 16.0 Å². The summed E-state index contributed by atoms with van der Waals surface area (Å²) in [5.74, 6) is -0.575. The number of rotatable bonds is 10. The van der Waals surface area contributed by atoms with Crippen LogP contribution in [0.25, 0.3) is 16.7 Å². The van der Waals surface area contributed by atoms with Gasteiger partial charge in [0, 0.05) is 36.1 Å². The van der Waals surface area contributed by atoms with Crippen molar-refractivity contribution < 1.29 is 14.4 Å². The van der Waals surface area contributed by atoms with E-state index in [0.29, 0.717) is 24.7 Å². The lowest BCUT2D eigenvalue weighted by Crippen LogP contribution is -2.48. The normalized spacial score (nSPS) is 20.8. The maximum atomic E-state index is 13.8. The van der Waals surface area contributed by atoms with E-state index in [1.54, 1.807) is 4.90 Å². The lowest BCUT2D eigenvalue weighted by Gasteiger charge is -2.29. The minimum absolute atomic E-state index is 0.0217. The standard InChI is InChI=1S/C38H43N5O3/c1-25(24-40-26(2)33-10-6-22-39-33)27-12-14-28(15-13-27)29-18-20-32(21-19-29)41-37(45)34-11-7-23-43(34)38(46)35(30-8-4-3-5-9-30)42-36(44)31-16-17-31/h3-5,8-9,12-15,18-21,24,31,33-35,39H,6-7,10-11,16-17,22-23H2,1-2H3,(H,41,45)(H,42,44)/b25-24+,40-26?/t33-,34-,35+/m0/s1. The Morgan fingerprint density at radius 2 is 1.54 bits per heavy atom. The Labute approximate surface area is 271 Å². The molecule has 3 fully saturated rings. The molecule has 0 spiro atoms. The van der Waals surface area contributed by atoms with Crippen molar-refractivity contribution in [2.45, 2.75) is 70.5 Å². The number of likely N-dealkylation sites (tertiary alicyclic amines) is 1. The molecule has 0 radical (unpaired) electrons. The minimum Gasteiger partial charge on any atom is -0.340 e. The van der Waals surface area contributed by atoms with Crippen LogP contribution in [0.1, 0.15) is 69.5 Å². The van der Waals surface area contributed by atoms with Crippen LogP contribution >= 0.6 is 0 Å². The molecule has 46 heavy (non-hydrogen) atoms. The number of hydrogen-bond donors (Lipinski definition) is 3. The molecule has 2 heterocycles. The zero-order valence-electron chi connectivity index (χ0n) is 26.7. The third kappa shape index (κ3) is 7.45. The van der Waals surface area contributed by atoms with Gasteiger partial charge in [0.05, 0.1) is 0 Å². The van der Waals surface area contributed by atoms with E-state index in [9.17, 15) is 14.4 Å². The summed E-state index contributed by atoms with van der Waals surface area (Å²) >= 11 is 0. The van der Waals surface area contributed by atoms with E-state index in [4.69, 9.17) is 4.99 Å². The Bertz CT molecular complexity index is 1600. The van der Waals surface area contributed by atoms with Crippen molar-refractivity contribution in [3.05, 3.63) is 96.2 Å². The first-order valence-electron chi connectivity index (χ1n) is 16.5. The van der Waals surface area contributed by atoms with Gasteiger partial charge in [0.25, 0.3) is 0 Å². The van der Waals surface area contributed by atoms with Crippen molar-refractivity contribution in [1.29, 1.82) is 0 Å². The maximum absolute atomic E-state index is 13.8. The predicted octanol–water partition coefficient (Wildman–Crippen LogP) is 6.12. The molecule has 0 unspecified atom stereocenters. The van der Waals surface area contributed by atoms with Crippen molar-refractivity contribution in [3.63, 3.8) is 0 Å². The molecule has 3 N–H and O–H groups in total. The summed E-state index contributed by atoms with van der Waals surface area (Å²) < 4.78 is 0. The lowest BCUT2D eigenvalue weighted by molar-refractivity contribution is -0.140. The first kappa shape index (κ1) is 31.4. The summed E-state index contributed by atoms with van der Waals surface area (Å²) in [6.45, 7) is 5.71. The zero-order valence-corrected chi connectivity index (χ0v) is 26.7. The quantitative estimate of drug-likeness (QED) is 0.239. The SMILES string of the molecule is CC(=N/C=C(\C)c1ccc(-c2ccc(NC(=O)[C@@H]3CCCN3C(=O)[C@H](NC(=O)C3CC3)c3ccccc3)cc2)cc1)[C@@H]1CCCN1. The number of aliphatic imine (C=N–C) groups is 1. The topological polar surface area (TPSA) is 103 Å². The fraction of sp³-hybridized carbons (Fsp3) is 0.368. The van der Waals surface area contributed by atoms with Crippen molar-refractivity contribution in [2.24, 2.45) is 10.9 Å². The van der Waals surface area contributed by atoms with Crippen molar-refractivity contribution in [2.75, 3.05) is 18.4 Å². The van der Waals surface area contributed by atoms with Gasteiger partial charge in [0.1, 0.15) is 12.1 Å². The number of hydrogen-bond acceptors (Lipinski definition) is 5. The summed E-state index contributed by atoms with van der Waals surface area (Å²) in [7, 11) is 0. The molecule has 1 saturated carbocycles. The van der Waals surface area contributed by atoms with Gasteiger partial charge in [-0.25, -0.2) is 0 Å². The van der Waals surface area contributed by atoms with Gasteiger partial charge in [-0.1, -0.05) is 66.7 Å². The number of allylic oxidation sites excluding steroid dienone is 1. The number of anilines is 1. The summed E-state index contributed by atoms with van der Waals surface area (Å²) in [5, 5.41) is 9.47. The Morgan fingerprint density at radius 1 is 0.848 bits per heavy atom. The predicted molar refractivity (Wildman–Crippen MR) is 183 cm³/mol.